The topological polar surface area (TPSA) is 30.5 Å². The van der Waals surface area contributed by atoms with E-state index in [-0.39, 0.29) is 0 Å². The maximum Gasteiger partial charge on any atom is 0.130 e. The van der Waals surface area contributed by atoms with Crippen LogP contribution < -0.4 is 14.8 Å². The molecule has 0 radical (unpaired) electrons. The second kappa shape index (κ2) is 9.53. The fourth-order valence-electron chi connectivity index (χ4n) is 2.60. The summed E-state index contributed by atoms with van der Waals surface area (Å²) in [6.45, 7) is 1.11. The highest BCUT2D eigenvalue weighted by atomic mass is 79.9. The van der Waals surface area contributed by atoms with E-state index in [1.54, 1.807) is 7.11 Å². The van der Waals surface area contributed by atoms with Crippen molar-refractivity contribution in [3.63, 3.8) is 0 Å². The van der Waals surface area contributed by atoms with Crippen LogP contribution in [0.5, 0.6) is 11.5 Å². The first-order chi connectivity index (χ1) is 13.2. The predicted octanol–water partition coefficient (Wildman–Crippen LogP) is 5.50. The summed E-state index contributed by atoms with van der Waals surface area (Å²) in [7, 11) is 1.66. The highest BCUT2D eigenvalue weighted by Gasteiger charge is 2.11. The molecule has 0 amide bonds. The normalized spacial score (nSPS) is 10.3. The van der Waals surface area contributed by atoms with Crippen molar-refractivity contribution in [2.24, 2.45) is 0 Å². The summed E-state index contributed by atoms with van der Waals surface area (Å²) in [6, 6.07) is 23.8. The van der Waals surface area contributed by atoms with Gasteiger partial charge in [-0.15, -0.1) is 0 Å². The molecule has 27 heavy (non-hydrogen) atoms. The molecule has 0 aliphatic carbocycles. The van der Waals surface area contributed by atoms with Crippen molar-refractivity contribution in [1.29, 1.82) is 0 Å². The van der Waals surface area contributed by atoms with Crippen molar-refractivity contribution in [3.05, 3.63) is 94.0 Å². The van der Waals surface area contributed by atoms with Gasteiger partial charge in [0.1, 0.15) is 23.1 Å². The molecule has 138 valence electrons. The first kappa shape index (κ1) is 19.4. The summed E-state index contributed by atoms with van der Waals surface area (Å²) < 4.78 is 12.2. The van der Waals surface area contributed by atoms with Gasteiger partial charge in [0.15, 0.2) is 0 Å². The molecule has 0 heterocycles. The van der Waals surface area contributed by atoms with Crippen LogP contribution >= 0.6 is 28.1 Å². The van der Waals surface area contributed by atoms with Gasteiger partial charge in [0.05, 0.1) is 12.7 Å². The second-order valence-electron chi connectivity index (χ2n) is 5.95. The molecular weight excluding hydrogens is 422 g/mol. The smallest absolute Gasteiger partial charge is 0.130 e. The lowest BCUT2D eigenvalue weighted by Crippen LogP contribution is -2.22. The molecule has 0 atom stereocenters. The largest absolute Gasteiger partial charge is 0.497 e. The number of benzene rings is 3. The standard InChI is InChI=1S/C22H20BrNO2S/c1-25-19-9-5-8-17(12-19)14-24-22(27)20-13-18(23)10-11-21(20)26-15-16-6-3-2-4-7-16/h2-13H,14-15H2,1H3,(H,24,27). The van der Waals surface area contributed by atoms with Crippen LogP contribution in [-0.4, -0.2) is 12.1 Å². The van der Waals surface area contributed by atoms with Crippen LogP contribution in [0.1, 0.15) is 16.7 Å². The van der Waals surface area contributed by atoms with Gasteiger partial charge in [-0.25, -0.2) is 0 Å². The third kappa shape index (κ3) is 5.55. The maximum absolute atomic E-state index is 6.02. The summed E-state index contributed by atoms with van der Waals surface area (Å²) in [5.41, 5.74) is 3.07. The van der Waals surface area contributed by atoms with Gasteiger partial charge in [0, 0.05) is 11.0 Å². The number of halogens is 1. The van der Waals surface area contributed by atoms with Gasteiger partial charge in [-0.1, -0.05) is 70.6 Å². The molecule has 1 N–H and O–H groups in total. The van der Waals surface area contributed by atoms with E-state index in [1.165, 1.54) is 0 Å². The van der Waals surface area contributed by atoms with E-state index in [2.05, 4.69) is 21.2 Å². The summed E-state index contributed by atoms with van der Waals surface area (Å²) >= 11 is 9.13. The number of hydrogen-bond donors (Lipinski definition) is 1. The van der Waals surface area contributed by atoms with E-state index in [9.17, 15) is 0 Å². The molecule has 0 spiro atoms. The Bertz CT molecular complexity index is 915. The number of nitrogens with one attached hydrogen (secondary N) is 1. The Morgan fingerprint density at radius 1 is 0.963 bits per heavy atom. The minimum absolute atomic E-state index is 0.494. The third-order valence-corrected chi connectivity index (χ3v) is 4.87. The van der Waals surface area contributed by atoms with E-state index in [0.29, 0.717) is 18.1 Å². The molecule has 3 rings (SSSR count). The average molecular weight is 442 g/mol. The fourth-order valence-corrected chi connectivity index (χ4v) is 3.19. The van der Waals surface area contributed by atoms with Crippen LogP contribution in [0.4, 0.5) is 0 Å². The van der Waals surface area contributed by atoms with Gasteiger partial charge < -0.3 is 14.8 Å². The van der Waals surface area contributed by atoms with Crippen molar-refractivity contribution in [2.75, 3.05) is 7.11 Å². The molecule has 0 aliphatic rings. The lowest BCUT2D eigenvalue weighted by atomic mass is 10.1. The molecule has 0 fully saturated rings. The van der Waals surface area contributed by atoms with Crippen molar-refractivity contribution in [3.8, 4) is 11.5 Å². The molecule has 3 nitrogen and oxygen atoms in total. The first-order valence-corrected chi connectivity index (χ1v) is 9.73. The van der Waals surface area contributed by atoms with E-state index in [4.69, 9.17) is 21.7 Å². The molecule has 3 aromatic rings. The number of methoxy groups -OCH3 is 1. The molecule has 3 aromatic carbocycles. The van der Waals surface area contributed by atoms with E-state index >= 15 is 0 Å². The molecule has 0 saturated carbocycles. The van der Waals surface area contributed by atoms with E-state index in [0.717, 1.165) is 32.7 Å². The Labute approximate surface area is 173 Å². The van der Waals surface area contributed by atoms with Crippen LogP contribution in [0, 0.1) is 0 Å². The molecule has 0 aromatic heterocycles. The Balaban J connectivity index is 1.70. The van der Waals surface area contributed by atoms with Crippen LogP contribution in [-0.2, 0) is 13.2 Å². The molecule has 5 heteroatoms. The molecule has 0 aliphatic heterocycles. The monoisotopic (exact) mass is 441 g/mol. The summed E-state index contributed by atoms with van der Waals surface area (Å²) in [4.78, 5) is 0.641. The number of hydrogen-bond acceptors (Lipinski definition) is 3. The molecular formula is C22H20BrNO2S. The van der Waals surface area contributed by atoms with Crippen LogP contribution in [0.3, 0.4) is 0 Å². The van der Waals surface area contributed by atoms with Crippen molar-refractivity contribution >= 4 is 33.1 Å². The summed E-state index contributed by atoms with van der Waals surface area (Å²) in [6.07, 6.45) is 0. The Morgan fingerprint density at radius 2 is 1.74 bits per heavy atom. The number of rotatable bonds is 7. The molecule has 0 saturated heterocycles. The van der Waals surface area contributed by atoms with Gasteiger partial charge in [0.2, 0.25) is 0 Å². The van der Waals surface area contributed by atoms with Crippen LogP contribution in [0.2, 0.25) is 0 Å². The SMILES string of the molecule is COc1cccc(CNC(=S)c2cc(Br)ccc2OCc2ccccc2)c1. The minimum Gasteiger partial charge on any atom is -0.497 e. The first-order valence-electron chi connectivity index (χ1n) is 8.53. The summed E-state index contributed by atoms with van der Waals surface area (Å²) in [5.74, 6) is 1.58. The van der Waals surface area contributed by atoms with Gasteiger partial charge >= 0.3 is 0 Å². The van der Waals surface area contributed by atoms with E-state index < -0.39 is 0 Å². The Kier molecular flexibility index (Phi) is 6.85. The van der Waals surface area contributed by atoms with Gasteiger partial charge in [-0.3, -0.25) is 0 Å². The highest BCUT2D eigenvalue weighted by Crippen LogP contribution is 2.25. The second-order valence-corrected chi connectivity index (χ2v) is 7.27. The van der Waals surface area contributed by atoms with Crippen molar-refractivity contribution < 1.29 is 9.47 Å². The maximum atomic E-state index is 6.02. The molecule has 0 unspecified atom stereocenters. The fraction of sp³-hybridized carbons (Fsp3) is 0.136. The minimum atomic E-state index is 0.494. The highest BCUT2D eigenvalue weighted by molar-refractivity contribution is 9.10. The lowest BCUT2D eigenvalue weighted by molar-refractivity contribution is 0.305. The zero-order valence-electron chi connectivity index (χ0n) is 14.9. The van der Waals surface area contributed by atoms with Crippen molar-refractivity contribution in [1.82, 2.24) is 5.32 Å². The lowest BCUT2D eigenvalue weighted by Gasteiger charge is -2.15. The number of ether oxygens (including phenoxy) is 2. The predicted molar refractivity (Wildman–Crippen MR) is 116 cm³/mol. The zero-order valence-corrected chi connectivity index (χ0v) is 17.3. The van der Waals surface area contributed by atoms with Crippen molar-refractivity contribution in [2.45, 2.75) is 13.2 Å². The van der Waals surface area contributed by atoms with Gasteiger partial charge in [-0.2, -0.15) is 0 Å². The van der Waals surface area contributed by atoms with Crippen LogP contribution in [0.15, 0.2) is 77.3 Å². The Hall–Kier alpha value is -2.37. The third-order valence-electron chi connectivity index (χ3n) is 4.01. The van der Waals surface area contributed by atoms with Gasteiger partial charge in [0.25, 0.3) is 0 Å². The number of thiocarbonyl (C=S) groups is 1. The Morgan fingerprint density at radius 3 is 2.52 bits per heavy atom. The van der Waals surface area contributed by atoms with E-state index in [1.807, 2.05) is 72.8 Å². The summed E-state index contributed by atoms with van der Waals surface area (Å²) in [5, 5.41) is 3.31. The average Bonchev–Trinajstić information content (AvgIpc) is 2.72. The zero-order chi connectivity index (χ0) is 19.1. The van der Waals surface area contributed by atoms with Gasteiger partial charge in [-0.05, 0) is 41.5 Å². The van der Waals surface area contributed by atoms with Crippen LogP contribution in [0.25, 0.3) is 0 Å². The molecule has 0 bridgehead atoms. The quantitative estimate of drug-likeness (QED) is 0.490.